The lowest BCUT2D eigenvalue weighted by molar-refractivity contribution is -0.384. The highest BCUT2D eigenvalue weighted by atomic mass is 32.1. The number of aryl methyl sites for hydroxylation is 1. The SMILES string of the molecule is C[C@@H](c1cccc([N+](=O)[O-])c1)N(C)C(=O)CCc1nc(-c2cccs2)no1. The van der Waals surface area contributed by atoms with Crippen molar-refractivity contribution >= 4 is 22.9 Å². The van der Waals surface area contributed by atoms with Gasteiger partial charge in [-0.05, 0) is 23.9 Å². The van der Waals surface area contributed by atoms with Gasteiger partial charge in [0, 0.05) is 32.0 Å². The van der Waals surface area contributed by atoms with Crippen LogP contribution in [0.2, 0.25) is 0 Å². The predicted octanol–water partition coefficient (Wildman–Crippen LogP) is 3.86. The molecule has 3 aromatic rings. The van der Waals surface area contributed by atoms with Crippen LogP contribution in [-0.2, 0) is 11.2 Å². The molecular weight excluding hydrogens is 368 g/mol. The molecule has 0 saturated heterocycles. The molecule has 1 amide bonds. The van der Waals surface area contributed by atoms with Gasteiger partial charge in [-0.15, -0.1) is 11.3 Å². The van der Waals surface area contributed by atoms with E-state index < -0.39 is 4.92 Å². The molecule has 0 radical (unpaired) electrons. The van der Waals surface area contributed by atoms with Gasteiger partial charge >= 0.3 is 0 Å². The Kier molecular flexibility index (Phi) is 5.60. The fourth-order valence-electron chi connectivity index (χ4n) is 2.59. The van der Waals surface area contributed by atoms with Gasteiger partial charge in [0.05, 0.1) is 15.8 Å². The average molecular weight is 386 g/mol. The number of nitrogens with zero attached hydrogens (tertiary/aromatic N) is 4. The van der Waals surface area contributed by atoms with Gasteiger partial charge in [0.25, 0.3) is 5.69 Å². The van der Waals surface area contributed by atoms with Crippen LogP contribution in [-0.4, -0.2) is 32.9 Å². The molecule has 2 heterocycles. The maximum Gasteiger partial charge on any atom is 0.269 e. The van der Waals surface area contributed by atoms with E-state index in [2.05, 4.69) is 10.1 Å². The number of thiophene rings is 1. The van der Waals surface area contributed by atoms with Crippen molar-refractivity contribution in [3.8, 4) is 10.7 Å². The van der Waals surface area contributed by atoms with E-state index in [1.807, 2.05) is 24.4 Å². The molecule has 1 atom stereocenters. The van der Waals surface area contributed by atoms with E-state index in [1.165, 1.54) is 23.5 Å². The smallest absolute Gasteiger partial charge is 0.269 e. The van der Waals surface area contributed by atoms with E-state index in [0.29, 0.717) is 23.7 Å². The van der Waals surface area contributed by atoms with Gasteiger partial charge in [-0.2, -0.15) is 4.98 Å². The molecule has 27 heavy (non-hydrogen) atoms. The molecule has 0 spiro atoms. The quantitative estimate of drug-likeness (QED) is 0.451. The zero-order valence-corrected chi connectivity index (χ0v) is 15.7. The van der Waals surface area contributed by atoms with Gasteiger partial charge in [-0.25, -0.2) is 0 Å². The first-order valence-electron chi connectivity index (χ1n) is 8.32. The monoisotopic (exact) mass is 386 g/mol. The number of non-ortho nitro benzene ring substituents is 1. The number of aromatic nitrogens is 2. The summed E-state index contributed by atoms with van der Waals surface area (Å²) >= 11 is 1.52. The molecule has 0 aliphatic heterocycles. The van der Waals surface area contributed by atoms with Crippen molar-refractivity contribution < 1.29 is 14.2 Å². The van der Waals surface area contributed by atoms with Crippen molar-refractivity contribution in [2.45, 2.75) is 25.8 Å². The lowest BCUT2D eigenvalue weighted by Crippen LogP contribution is -2.29. The van der Waals surface area contributed by atoms with Crippen molar-refractivity contribution in [2.75, 3.05) is 7.05 Å². The summed E-state index contributed by atoms with van der Waals surface area (Å²) in [5.74, 6) is 0.818. The molecule has 0 bridgehead atoms. The largest absolute Gasteiger partial charge is 0.339 e. The van der Waals surface area contributed by atoms with Crippen LogP contribution < -0.4 is 0 Å². The lowest BCUT2D eigenvalue weighted by Gasteiger charge is -2.25. The summed E-state index contributed by atoms with van der Waals surface area (Å²) in [6, 6.07) is 9.82. The highest BCUT2D eigenvalue weighted by molar-refractivity contribution is 7.13. The average Bonchev–Trinajstić information content (AvgIpc) is 3.36. The van der Waals surface area contributed by atoms with Gasteiger partial charge in [0.2, 0.25) is 17.6 Å². The Morgan fingerprint density at radius 1 is 1.37 bits per heavy atom. The minimum Gasteiger partial charge on any atom is -0.339 e. The number of rotatable bonds is 7. The zero-order valence-electron chi connectivity index (χ0n) is 14.9. The van der Waals surface area contributed by atoms with Crippen LogP contribution >= 0.6 is 11.3 Å². The number of carbonyl (C=O) groups is 1. The molecule has 0 aliphatic carbocycles. The Hall–Kier alpha value is -3.07. The first kappa shape index (κ1) is 18.7. The highest BCUT2D eigenvalue weighted by Crippen LogP contribution is 2.24. The van der Waals surface area contributed by atoms with Crippen molar-refractivity contribution in [3.63, 3.8) is 0 Å². The van der Waals surface area contributed by atoms with Crippen LogP contribution in [0, 0.1) is 10.1 Å². The van der Waals surface area contributed by atoms with Gasteiger partial charge in [-0.3, -0.25) is 14.9 Å². The predicted molar refractivity (Wildman–Crippen MR) is 100 cm³/mol. The second-order valence-electron chi connectivity index (χ2n) is 6.02. The van der Waals surface area contributed by atoms with Crippen molar-refractivity contribution in [3.05, 3.63) is 63.3 Å². The molecule has 1 aromatic carbocycles. The second kappa shape index (κ2) is 8.09. The van der Waals surface area contributed by atoms with E-state index in [4.69, 9.17) is 4.52 Å². The number of hydrogen-bond donors (Lipinski definition) is 0. The third kappa shape index (κ3) is 4.37. The van der Waals surface area contributed by atoms with Crippen LogP contribution in [0.5, 0.6) is 0 Å². The third-order valence-corrected chi connectivity index (χ3v) is 5.17. The number of carbonyl (C=O) groups excluding carboxylic acids is 1. The second-order valence-corrected chi connectivity index (χ2v) is 6.97. The van der Waals surface area contributed by atoms with Gasteiger partial charge in [-0.1, -0.05) is 23.4 Å². The lowest BCUT2D eigenvalue weighted by atomic mass is 10.1. The van der Waals surface area contributed by atoms with Gasteiger partial charge < -0.3 is 9.42 Å². The molecule has 0 N–H and O–H groups in total. The van der Waals surface area contributed by atoms with Crippen LogP contribution in [0.1, 0.15) is 30.8 Å². The molecule has 9 heteroatoms. The molecule has 2 aromatic heterocycles. The maximum absolute atomic E-state index is 12.5. The van der Waals surface area contributed by atoms with Gasteiger partial charge in [0.15, 0.2) is 0 Å². The fourth-order valence-corrected chi connectivity index (χ4v) is 3.24. The Morgan fingerprint density at radius 2 is 2.19 bits per heavy atom. The summed E-state index contributed by atoms with van der Waals surface area (Å²) in [7, 11) is 1.68. The summed E-state index contributed by atoms with van der Waals surface area (Å²) in [5, 5.41) is 16.8. The summed E-state index contributed by atoms with van der Waals surface area (Å²) < 4.78 is 5.21. The minimum atomic E-state index is -0.446. The molecular formula is C18H18N4O4S. The maximum atomic E-state index is 12.5. The van der Waals surface area contributed by atoms with Crippen LogP contribution in [0.15, 0.2) is 46.3 Å². The molecule has 3 rings (SSSR count). The number of benzene rings is 1. The Labute approximate surface area is 159 Å². The summed E-state index contributed by atoms with van der Waals surface area (Å²) in [4.78, 5) is 29.8. The van der Waals surface area contributed by atoms with E-state index in [0.717, 1.165) is 4.88 Å². The van der Waals surface area contributed by atoms with Gasteiger partial charge in [0.1, 0.15) is 0 Å². The number of nitro benzene ring substituents is 1. The first-order chi connectivity index (χ1) is 13.0. The summed E-state index contributed by atoms with van der Waals surface area (Å²) in [6.45, 7) is 1.83. The number of amides is 1. The molecule has 140 valence electrons. The Bertz CT molecular complexity index is 939. The Morgan fingerprint density at radius 3 is 2.89 bits per heavy atom. The molecule has 0 fully saturated rings. The first-order valence-corrected chi connectivity index (χ1v) is 9.20. The standard InChI is InChI=1S/C18H18N4O4S/c1-12(13-5-3-6-14(11-13)22(24)25)21(2)17(23)9-8-16-19-18(20-26-16)15-7-4-10-27-15/h3-7,10-12H,8-9H2,1-2H3/t12-/m0/s1. The van der Waals surface area contributed by atoms with E-state index in [-0.39, 0.29) is 24.1 Å². The highest BCUT2D eigenvalue weighted by Gasteiger charge is 2.20. The minimum absolute atomic E-state index is 0.00663. The third-order valence-electron chi connectivity index (χ3n) is 4.30. The van der Waals surface area contributed by atoms with Crippen molar-refractivity contribution in [1.29, 1.82) is 0 Å². The molecule has 0 unspecified atom stereocenters. The fraction of sp³-hybridized carbons (Fsp3) is 0.278. The summed E-state index contributed by atoms with van der Waals surface area (Å²) in [5.41, 5.74) is 0.713. The Balaban J connectivity index is 1.60. The topological polar surface area (TPSA) is 102 Å². The zero-order chi connectivity index (χ0) is 19.4. The van der Waals surface area contributed by atoms with Crippen molar-refractivity contribution in [1.82, 2.24) is 15.0 Å². The normalized spacial score (nSPS) is 11.9. The van der Waals surface area contributed by atoms with Crippen LogP contribution in [0.3, 0.4) is 0 Å². The number of nitro groups is 1. The number of hydrogen-bond acceptors (Lipinski definition) is 7. The summed E-state index contributed by atoms with van der Waals surface area (Å²) in [6.07, 6.45) is 0.547. The van der Waals surface area contributed by atoms with E-state index >= 15 is 0 Å². The van der Waals surface area contributed by atoms with E-state index in [1.54, 1.807) is 24.1 Å². The van der Waals surface area contributed by atoms with Crippen LogP contribution in [0.4, 0.5) is 5.69 Å². The molecule has 0 saturated carbocycles. The molecule has 8 nitrogen and oxygen atoms in total. The van der Waals surface area contributed by atoms with E-state index in [9.17, 15) is 14.9 Å². The van der Waals surface area contributed by atoms with Crippen LogP contribution in [0.25, 0.3) is 10.7 Å². The molecule has 0 aliphatic rings. The van der Waals surface area contributed by atoms with Crippen molar-refractivity contribution in [2.24, 2.45) is 0 Å².